The lowest BCUT2D eigenvalue weighted by Crippen LogP contribution is -2.40. The first kappa shape index (κ1) is 19.1. The molecule has 2 aromatic heterocycles. The Bertz CT molecular complexity index is 1050. The zero-order chi connectivity index (χ0) is 20.4. The molecule has 3 aromatic rings. The number of aromatic nitrogens is 2. The van der Waals surface area contributed by atoms with E-state index in [-0.39, 0.29) is 17.8 Å². The van der Waals surface area contributed by atoms with E-state index in [9.17, 15) is 9.59 Å². The summed E-state index contributed by atoms with van der Waals surface area (Å²) in [7, 11) is 0. The van der Waals surface area contributed by atoms with Gasteiger partial charge in [-0.1, -0.05) is 6.07 Å². The summed E-state index contributed by atoms with van der Waals surface area (Å²) in [4.78, 5) is 35.5. The zero-order valence-electron chi connectivity index (χ0n) is 16.6. The van der Waals surface area contributed by atoms with Crippen LogP contribution < -0.4 is 0 Å². The molecule has 0 atom stereocenters. The molecule has 7 nitrogen and oxygen atoms in total. The van der Waals surface area contributed by atoms with Crippen LogP contribution in [0.5, 0.6) is 0 Å². The van der Waals surface area contributed by atoms with Crippen molar-refractivity contribution in [2.75, 3.05) is 19.7 Å². The summed E-state index contributed by atoms with van der Waals surface area (Å²) >= 11 is 0. The van der Waals surface area contributed by atoms with Crippen LogP contribution in [0.2, 0.25) is 0 Å². The molecule has 0 bridgehead atoms. The standard InChI is InChI=1S/C22H23N3O4/c1-3-28-22(27)15-9-11-25(12-10-15)21(26)16-7-8-17-19(13-16)29-20(24-17)18-6-4-5-14(2)23-18/h4-8,13,15H,3,9-12H2,1-2H3. The second kappa shape index (κ2) is 8.03. The normalized spacial score (nSPS) is 14.9. The van der Waals surface area contributed by atoms with E-state index in [0.717, 1.165) is 5.69 Å². The Balaban J connectivity index is 1.49. The number of esters is 1. The third kappa shape index (κ3) is 3.99. The average Bonchev–Trinajstić information content (AvgIpc) is 3.17. The molecule has 0 saturated carbocycles. The highest BCUT2D eigenvalue weighted by Gasteiger charge is 2.28. The first-order valence-corrected chi connectivity index (χ1v) is 9.85. The van der Waals surface area contributed by atoms with E-state index >= 15 is 0 Å². The highest BCUT2D eigenvalue weighted by Crippen LogP contribution is 2.25. The summed E-state index contributed by atoms with van der Waals surface area (Å²) in [6.07, 6.45) is 1.25. The molecular formula is C22H23N3O4. The Kier molecular flexibility index (Phi) is 5.29. The highest BCUT2D eigenvalue weighted by atomic mass is 16.5. The minimum atomic E-state index is -0.167. The van der Waals surface area contributed by atoms with Crippen LogP contribution in [0.1, 0.15) is 35.8 Å². The Morgan fingerprint density at radius 3 is 2.69 bits per heavy atom. The number of likely N-dealkylation sites (tertiary alicyclic amines) is 1. The fourth-order valence-electron chi connectivity index (χ4n) is 3.59. The Hall–Kier alpha value is -3.22. The number of pyridine rings is 1. The molecule has 0 radical (unpaired) electrons. The number of benzene rings is 1. The van der Waals surface area contributed by atoms with E-state index in [1.807, 2.05) is 25.1 Å². The van der Waals surface area contributed by atoms with Crippen molar-refractivity contribution < 1.29 is 18.7 Å². The number of carbonyl (C=O) groups excluding carboxylic acids is 2. The van der Waals surface area contributed by atoms with Crippen LogP contribution >= 0.6 is 0 Å². The van der Waals surface area contributed by atoms with Crippen LogP contribution in [0, 0.1) is 12.8 Å². The molecule has 0 N–H and O–H groups in total. The predicted molar refractivity (Wildman–Crippen MR) is 107 cm³/mol. The van der Waals surface area contributed by atoms with Gasteiger partial charge in [0.05, 0.1) is 12.5 Å². The van der Waals surface area contributed by atoms with Crippen LogP contribution in [0.25, 0.3) is 22.7 Å². The summed E-state index contributed by atoms with van der Waals surface area (Å²) in [5.74, 6) is 0.0736. The van der Waals surface area contributed by atoms with E-state index < -0.39 is 0 Å². The van der Waals surface area contributed by atoms with Crippen molar-refractivity contribution in [3.8, 4) is 11.6 Å². The van der Waals surface area contributed by atoms with Crippen LogP contribution in [0.3, 0.4) is 0 Å². The van der Waals surface area contributed by atoms with Crippen LogP contribution in [-0.4, -0.2) is 46.4 Å². The van der Waals surface area contributed by atoms with Crippen molar-refractivity contribution in [1.29, 1.82) is 0 Å². The van der Waals surface area contributed by atoms with E-state index in [4.69, 9.17) is 9.15 Å². The number of piperidine rings is 1. The van der Waals surface area contributed by atoms with Crippen molar-refractivity contribution in [1.82, 2.24) is 14.9 Å². The molecule has 1 fully saturated rings. The number of amides is 1. The number of oxazole rings is 1. The fraction of sp³-hybridized carbons (Fsp3) is 0.364. The van der Waals surface area contributed by atoms with Crippen LogP contribution in [-0.2, 0) is 9.53 Å². The summed E-state index contributed by atoms with van der Waals surface area (Å²) in [6.45, 7) is 5.17. The van der Waals surface area contributed by atoms with Crippen molar-refractivity contribution in [2.45, 2.75) is 26.7 Å². The largest absolute Gasteiger partial charge is 0.466 e. The van der Waals surface area contributed by atoms with Gasteiger partial charge in [-0.25, -0.2) is 9.97 Å². The first-order valence-electron chi connectivity index (χ1n) is 9.85. The topological polar surface area (TPSA) is 85.5 Å². The lowest BCUT2D eigenvalue weighted by atomic mass is 9.96. The number of hydrogen-bond donors (Lipinski definition) is 0. The molecule has 1 saturated heterocycles. The Morgan fingerprint density at radius 2 is 1.97 bits per heavy atom. The molecule has 7 heteroatoms. The minimum Gasteiger partial charge on any atom is -0.466 e. The molecule has 1 aliphatic rings. The molecular weight excluding hydrogens is 370 g/mol. The molecule has 1 amide bonds. The summed E-state index contributed by atoms with van der Waals surface area (Å²) < 4.78 is 10.9. The second-order valence-electron chi connectivity index (χ2n) is 7.18. The number of hydrogen-bond acceptors (Lipinski definition) is 6. The van der Waals surface area contributed by atoms with Gasteiger partial charge in [0.1, 0.15) is 11.2 Å². The van der Waals surface area contributed by atoms with Gasteiger partial charge in [-0.15, -0.1) is 0 Å². The number of fused-ring (bicyclic) bond motifs is 1. The Labute approximate surface area is 168 Å². The molecule has 150 valence electrons. The van der Waals surface area contributed by atoms with Crippen molar-refractivity contribution in [3.63, 3.8) is 0 Å². The maximum Gasteiger partial charge on any atom is 0.309 e. The lowest BCUT2D eigenvalue weighted by Gasteiger charge is -2.30. The third-order valence-corrected chi connectivity index (χ3v) is 5.14. The molecule has 0 unspecified atom stereocenters. The molecule has 0 spiro atoms. The van der Waals surface area contributed by atoms with E-state index in [1.54, 1.807) is 30.0 Å². The molecule has 1 aromatic carbocycles. The maximum atomic E-state index is 12.9. The second-order valence-corrected chi connectivity index (χ2v) is 7.18. The number of nitrogens with zero attached hydrogens (tertiary/aromatic N) is 3. The maximum absolute atomic E-state index is 12.9. The Morgan fingerprint density at radius 1 is 1.17 bits per heavy atom. The van der Waals surface area contributed by atoms with Gasteiger partial charge in [-0.2, -0.15) is 0 Å². The number of rotatable bonds is 4. The predicted octanol–water partition coefficient (Wildman–Crippen LogP) is 3.61. The van der Waals surface area contributed by atoms with Crippen LogP contribution in [0.4, 0.5) is 0 Å². The monoisotopic (exact) mass is 393 g/mol. The quantitative estimate of drug-likeness (QED) is 0.630. The fourth-order valence-corrected chi connectivity index (χ4v) is 3.59. The van der Waals surface area contributed by atoms with Crippen molar-refractivity contribution >= 4 is 23.0 Å². The van der Waals surface area contributed by atoms with Gasteiger partial charge in [0.25, 0.3) is 5.91 Å². The van der Waals surface area contributed by atoms with Gasteiger partial charge < -0.3 is 14.1 Å². The van der Waals surface area contributed by atoms with Gasteiger partial charge in [-0.3, -0.25) is 9.59 Å². The van der Waals surface area contributed by atoms with Gasteiger partial charge in [0.2, 0.25) is 5.89 Å². The molecule has 3 heterocycles. The zero-order valence-corrected chi connectivity index (χ0v) is 16.6. The van der Waals surface area contributed by atoms with Crippen molar-refractivity contribution in [3.05, 3.63) is 47.7 Å². The van der Waals surface area contributed by atoms with Crippen molar-refractivity contribution in [2.24, 2.45) is 5.92 Å². The first-order chi connectivity index (χ1) is 14.0. The average molecular weight is 393 g/mol. The van der Waals surface area contributed by atoms with Gasteiger partial charge >= 0.3 is 5.97 Å². The summed E-state index contributed by atoms with van der Waals surface area (Å²) in [5, 5.41) is 0. The number of aryl methyl sites for hydroxylation is 1. The molecule has 0 aliphatic carbocycles. The number of carbonyl (C=O) groups is 2. The van der Waals surface area contributed by atoms with E-state index in [0.29, 0.717) is 60.8 Å². The molecule has 1 aliphatic heterocycles. The summed E-state index contributed by atoms with van der Waals surface area (Å²) in [5.41, 5.74) is 3.32. The smallest absolute Gasteiger partial charge is 0.309 e. The highest BCUT2D eigenvalue weighted by molar-refractivity contribution is 5.97. The van der Waals surface area contributed by atoms with Gasteiger partial charge in [0.15, 0.2) is 5.58 Å². The lowest BCUT2D eigenvalue weighted by molar-refractivity contribution is -0.149. The van der Waals surface area contributed by atoms with E-state index in [2.05, 4.69) is 9.97 Å². The SMILES string of the molecule is CCOC(=O)C1CCN(C(=O)c2ccc3nc(-c4cccc(C)n4)oc3c2)CC1. The van der Waals surface area contributed by atoms with E-state index in [1.165, 1.54) is 0 Å². The minimum absolute atomic E-state index is 0.0687. The summed E-state index contributed by atoms with van der Waals surface area (Å²) in [6, 6.07) is 10.9. The third-order valence-electron chi connectivity index (χ3n) is 5.14. The van der Waals surface area contributed by atoms with Gasteiger partial charge in [-0.05, 0) is 57.0 Å². The molecule has 29 heavy (non-hydrogen) atoms. The van der Waals surface area contributed by atoms with Gasteiger partial charge in [0, 0.05) is 24.3 Å². The number of ether oxygens (including phenoxy) is 1. The van der Waals surface area contributed by atoms with Crippen LogP contribution in [0.15, 0.2) is 40.8 Å². The molecule has 4 rings (SSSR count).